The summed E-state index contributed by atoms with van der Waals surface area (Å²) in [5.74, 6) is 0.479. The van der Waals surface area contributed by atoms with Crippen LogP contribution in [0.25, 0.3) is 0 Å². The second kappa shape index (κ2) is 7.00. The van der Waals surface area contributed by atoms with Crippen molar-refractivity contribution in [3.8, 4) is 5.75 Å². The van der Waals surface area contributed by atoms with E-state index in [1.54, 1.807) is 31.4 Å². The highest BCUT2D eigenvalue weighted by atomic mass is 79.9. The molecule has 1 unspecified atom stereocenters. The maximum Gasteiger partial charge on any atom is 0.175 e. The molecule has 2 aromatic rings. The van der Waals surface area contributed by atoms with Gasteiger partial charge in [-0.1, -0.05) is 12.1 Å². The molecule has 1 atom stereocenters. The van der Waals surface area contributed by atoms with Crippen molar-refractivity contribution in [1.29, 1.82) is 0 Å². The Kier molecular flexibility index (Phi) is 5.31. The van der Waals surface area contributed by atoms with Gasteiger partial charge < -0.3 is 4.74 Å². The number of rotatable bonds is 5. The minimum Gasteiger partial charge on any atom is -0.496 e. The number of carbonyl (C=O) groups excluding carboxylic acids is 1. The van der Waals surface area contributed by atoms with Crippen LogP contribution in [-0.4, -0.2) is 22.9 Å². The number of methoxy groups -OCH3 is 1. The first kappa shape index (κ1) is 15.9. The summed E-state index contributed by atoms with van der Waals surface area (Å²) in [6.45, 7) is 1.93. The highest BCUT2D eigenvalue weighted by Crippen LogP contribution is 2.26. The van der Waals surface area contributed by atoms with Crippen LogP contribution in [0.15, 0.2) is 51.8 Å². The van der Waals surface area contributed by atoms with E-state index in [1.165, 1.54) is 0 Å². The third kappa shape index (κ3) is 4.02. The van der Waals surface area contributed by atoms with Crippen molar-refractivity contribution in [2.75, 3.05) is 12.9 Å². The van der Waals surface area contributed by atoms with Gasteiger partial charge in [-0.15, -0.1) is 0 Å². The predicted octanol–water partition coefficient (Wildman–Crippen LogP) is 3.76. The van der Waals surface area contributed by atoms with Crippen molar-refractivity contribution >= 4 is 32.5 Å². The van der Waals surface area contributed by atoms with Crippen LogP contribution in [0.2, 0.25) is 0 Å². The summed E-state index contributed by atoms with van der Waals surface area (Å²) in [5, 5.41) is 0. The number of ether oxygens (including phenoxy) is 1. The van der Waals surface area contributed by atoms with Crippen LogP contribution in [0.4, 0.5) is 0 Å². The molecule has 5 heteroatoms. The quantitative estimate of drug-likeness (QED) is 0.756. The summed E-state index contributed by atoms with van der Waals surface area (Å²) < 4.78 is 18.1. The van der Waals surface area contributed by atoms with E-state index in [9.17, 15) is 9.00 Å². The maximum atomic E-state index is 12.2. The molecule has 0 amide bonds. The minimum atomic E-state index is -1.33. The molecule has 0 aromatic heterocycles. The van der Waals surface area contributed by atoms with Gasteiger partial charge in [-0.25, -0.2) is 0 Å². The van der Waals surface area contributed by atoms with Crippen molar-refractivity contribution in [1.82, 2.24) is 0 Å². The summed E-state index contributed by atoms with van der Waals surface area (Å²) >= 11 is 3.34. The zero-order valence-electron chi connectivity index (χ0n) is 11.8. The van der Waals surface area contributed by atoms with Crippen molar-refractivity contribution in [2.45, 2.75) is 11.8 Å². The molecular weight excluding hydrogens is 352 g/mol. The highest BCUT2D eigenvalue weighted by Gasteiger charge is 2.14. The van der Waals surface area contributed by atoms with Crippen molar-refractivity contribution in [2.24, 2.45) is 0 Å². The Labute approximate surface area is 134 Å². The molecule has 0 saturated carbocycles. The first-order valence-corrected chi connectivity index (χ1v) is 8.44. The summed E-state index contributed by atoms with van der Waals surface area (Å²) in [7, 11) is 0.230. The largest absolute Gasteiger partial charge is 0.496 e. The van der Waals surface area contributed by atoms with Gasteiger partial charge in [0.15, 0.2) is 5.78 Å². The van der Waals surface area contributed by atoms with Crippen molar-refractivity contribution < 1.29 is 13.7 Å². The standard InChI is InChI=1S/C16H15BrO3S/c1-11-4-3-5-13(8-11)21(19)10-15(18)12-6-7-16(20-2)14(17)9-12/h3-9H,10H2,1-2H3. The Bertz CT molecular complexity index is 698. The van der Waals surface area contributed by atoms with E-state index >= 15 is 0 Å². The van der Waals surface area contributed by atoms with Gasteiger partial charge >= 0.3 is 0 Å². The van der Waals surface area contributed by atoms with Crippen molar-refractivity contribution in [3.63, 3.8) is 0 Å². The molecule has 0 radical (unpaired) electrons. The van der Waals surface area contributed by atoms with E-state index < -0.39 is 10.8 Å². The average molecular weight is 367 g/mol. The Morgan fingerprint density at radius 3 is 2.62 bits per heavy atom. The monoisotopic (exact) mass is 366 g/mol. The molecule has 0 heterocycles. The van der Waals surface area contributed by atoms with Gasteiger partial charge in [0, 0.05) is 10.5 Å². The minimum absolute atomic E-state index is 0.0256. The lowest BCUT2D eigenvalue weighted by molar-refractivity contribution is 0.102. The number of Topliss-reactive ketones (excluding diaryl/α,β-unsaturated/α-hetero) is 1. The second-order valence-corrected chi connectivity index (χ2v) is 6.88. The normalized spacial score (nSPS) is 12.0. The molecule has 2 rings (SSSR count). The fraction of sp³-hybridized carbons (Fsp3) is 0.188. The predicted molar refractivity (Wildman–Crippen MR) is 87.5 cm³/mol. The lowest BCUT2D eigenvalue weighted by Gasteiger charge is -2.06. The summed E-state index contributed by atoms with van der Waals surface area (Å²) in [4.78, 5) is 12.9. The van der Waals surface area contributed by atoms with E-state index in [4.69, 9.17) is 4.74 Å². The first-order chi connectivity index (χ1) is 10.0. The molecule has 0 N–H and O–H groups in total. The van der Waals surface area contributed by atoms with Crippen LogP contribution in [0.3, 0.4) is 0 Å². The van der Waals surface area contributed by atoms with Crippen LogP contribution in [0.1, 0.15) is 15.9 Å². The van der Waals surface area contributed by atoms with Gasteiger partial charge in [0.1, 0.15) is 5.75 Å². The molecule has 0 saturated heterocycles. The van der Waals surface area contributed by atoms with Gasteiger partial charge in [0.25, 0.3) is 0 Å². The average Bonchev–Trinajstić information content (AvgIpc) is 2.47. The zero-order chi connectivity index (χ0) is 15.4. The number of hydrogen-bond donors (Lipinski definition) is 0. The van der Waals surface area contributed by atoms with Gasteiger partial charge in [-0.2, -0.15) is 0 Å². The molecule has 21 heavy (non-hydrogen) atoms. The Hall–Kier alpha value is -1.46. The van der Waals surface area contributed by atoms with E-state index in [0.717, 1.165) is 5.56 Å². The number of benzene rings is 2. The fourth-order valence-corrected chi connectivity index (χ4v) is 3.54. The Morgan fingerprint density at radius 2 is 2.00 bits per heavy atom. The topological polar surface area (TPSA) is 43.4 Å². The summed E-state index contributed by atoms with van der Waals surface area (Å²) in [5.41, 5.74) is 1.55. The summed E-state index contributed by atoms with van der Waals surface area (Å²) in [6, 6.07) is 12.5. The van der Waals surface area contributed by atoms with E-state index in [-0.39, 0.29) is 11.5 Å². The van der Waals surface area contributed by atoms with Crippen LogP contribution in [0, 0.1) is 6.92 Å². The molecule has 110 valence electrons. The molecule has 2 aromatic carbocycles. The van der Waals surface area contributed by atoms with Crippen molar-refractivity contribution in [3.05, 3.63) is 58.1 Å². The molecule has 3 nitrogen and oxygen atoms in total. The van der Waals surface area contributed by atoms with Gasteiger partial charge in [-0.05, 0) is 58.7 Å². The van der Waals surface area contributed by atoms with E-state index in [1.807, 2.05) is 25.1 Å². The molecule has 0 bridgehead atoms. The van der Waals surface area contributed by atoms with Crippen LogP contribution in [-0.2, 0) is 10.8 Å². The van der Waals surface area contributed by atoms with Crippen LogP contribution >= 0.6 is 15.9 Å². The molecule has 0 aliphatic rings. The second-order valence-electron chi connectivity index (χ2n) is 4.58. The molecule has 0 aliphatic carbocycles. The maximum absolute atomic E-state index is 12.2. The lowest BCUT2D eigenvalue weighted by atomic mass is 10.1. The molecule has 0 spiro atoms. The third-order valence-corrected chi connectivity index (χ3v) is 4.91. The zero-order valence-corrected chi connectivity index (χ0v) is 14.2. The highest BCUT2D eigenvalue weighted by molar-refractivity contribution is 9.10. The van der Waals surface area contributed by atoms with E-state index in [2.05, 4.69) is 15.9 Å². The molecule has 0 fully saturated rings. The lowest BCUT2D eigenvalue weighted by Crippen LogP contribution is -2.11. The smallest absolute Gasteiger partial charge is 0.175 e. The van der Waals surface area contributed by atoms with Gasteiger partial charge in [0.2, 0.25) is 0 Å². The first-order valence-electron chi connectivity index (χ1n) is 6.33. The van der Waals surface area contributed by atoms with Gasteiger partial charge in [0.05, 0.1) is 28.1 Å². The fourth-order valence-electron chi connectivity index (χ4n) is 1.88. The number of carbonyl (C=O) groups is 1. The number of halogens is 1. The molecular formula is C16H15BrO3S. The SMILES string of the molecule is COc1ccc(C(=O)CS(=O)c2cccc(C)c2)cc1Br. The summed E-state index contributed by atoms with van der Waals surface area (Å²) in [6.07, 6.45) is 0. The third-order valence-electron chi connectivity index (χ3n) is 2.99. The van der Waals surface area contributed by atoms with Crippen LogP contribution in [0.5, 0.6) is 5.75 Å². The Balaban J connectivity index is 2.14. The number of aryl methyl sites for hydroxylation is 1. The number of ketones is 1. The Morgan fingerprint density at radius 1 is 1.24 bits per heavy atom. The molecule has 0 aliphatic heterocycles. The van der Waals surface area contributed by atoms with E-state index in [0.29, 0.717) is 20.7 Å². The number of hydrogen-bond acceptors (Lipinski definition) is 3. The van der Waals surface area contributed by atoms with Gasteiger partial charge in [-0.3, -0.25) is 9.00 Å². The van der Waals surface area contributed by atoms with Crippen LogP contribution < -0.4 is 4.74 Å².